The molecule has 1 N–H and O–H groups in total. The number of nitrogens with one attached hydrogen (secondary N) is 1. The minimum atomic E-state index is -0.634. The van der Waals surface area contributed by atoms with E-state index >= 15 is 0 Å². The molecule has 0 aromatic heterocycles. The molecule has 0 saturated carbocycles. The molecule has 2 heterocycles. The lowest BCUT2D eigenvalue weighted by Gasteiger charge is -2.27. The molecule has 3 aromatic carbocycles. The Morgan fingerprint density at radius 3 is 2.39 bits per heavy atom. The number of anilines is 1. The zero-order valence-electron chi connectivity index (χ0n) is 20.8. The molecule has 2 atom stereocenters. The molecule has 2 aliphatic heterocycles. The number of rotatable bonds is 5. The Balaban J connectivity index is 1.46. The van der Waals surface area contributed by atoms with Crippen molar-refractivity contribution in [3.8, 4) is 0 Å². The van der Waals surface area contributed by atoms with E-state index in [1.165, 1.54) is 11.8 Å². The lowest BCUT2D eigenvalue weighted by molar-refractivity contribution is -0.124. The highest BCUT2D eigenvalue weighted by Crippen LogP contribution is 2.39. The first-order chi connectivity index (χ1) is 17.4. The van der Waals surface area contributed by atoms with Crippen LogP contribution in [0.3, 0.4) is 0 Å². The van der Waals surface area contributed by atoms with Gasteiger partial charge in [0, 0.05) is 11.3 Å². The van der Waals surface area contributed by atoms with E-state index in [9.17, 15) is 9.59 Å². The van der Waals surface area contributed by atoms with E-state index in [1.54, 1.807) is 4.90 Å². The highest BCUT2D eigenvalue weighted by molar-refractivity contribution is 8.15. The van der Waals surface area contributed by atoms with Crippen molar-refractivity contribution in [1.29, 1.82) is 0 Å². The Morgan fingerprint density at radius 1 is 1.03 bits per heavy atom. The van der Waals surface area contributed by atoms with Gasteiger partial charge in [0.05, 0.1) is 10.9 Å². The van der Waals surface area contributed by atoms with Crippen LogP contribution in [0.15, 0.2) is 76.7 Å². The molecule has 0 saturated heterocycles. The van der Waals surface area contributed by atoms with Crippen LogP contribution >= 0.6 is 11.8 Å². The largest absolute Gasteiger partial charge is 0.325 e. The van der Waals surface area contributed by atoms with Crippen molar-refractivity contribution in [2.75, 3.05) is 5.32 Å². The van der Waals surface area contributed by atoms with Crippen LogP contribution in [0.25, 0.3) is 0 Å². The Morgan fingerprint density at radius 2 is 1.69 bits per heavy atom. The molecule has 0 fully saturated rings. The summed E-state index contributed by atoms with van der Waals surface area (Å²) in [6.45, 7) is 8.02. The summed E-state index contributed by atoms with van der Waals surface area (Å²) in [7, 11) is 0. The van der Waals surface area contributed by atoms with Gasteiger partial charge in [-0.2, -0.15) is 0 Å². The third-order valence-corrected chi connectivity index (χ3v) is 7.74. The SMILES string of the molecule is CCC(SC1=Nc2ccccc2C2=NC(c3ccccc3)C(=O)N12)C(=O)Nc1c(C)cc(C)cc1C. The van der Waals surface area contributed by atoms with E-state index in [0.717, 1.165) is 39.2 Å². The number of aryl methyl sites for hydroxylation is 3. The van der Waals surface area contributed by atoms with Crippen LogP contribution in [0.5, 0.6) is 0 Å². The number of benzene rings is 3. The quantitative estimate of drug-likeness (QED) is 0.464. The number of amides is 2. The Kier molecular flexibility index (Phi) is 6.49. The van der Waals surface area contributed by atoms with Crippen LogP contribution in [0.4, 0.5) is 11.4 Å². The minimum absolute atomic E-state index is 0.108. The molecule has 0 radical (unpaired) electrons. The second kappa shape index (κ2) is 9.74. The summed E-state index contributed by atoms with van der Waals surface area (Å²) < 4.78 is 0. The number of fused-ring (bicyclic) bond motifs is 3. The van der Waals surface area contributed by atoms with Crippen LogP contribution in [-0.4, -0.2) is 33.0 Å². The Bertz CT molecular complexity index is 1390. The predicted molar refractivity (Wildman–Crippen MR) is 147 cm³/mol. The maximum Gasteiger partial charge on any atom is 0.263 e. The third-order valence-electron chi connectivity index (χ3n) is 6.42. The first-order valence-electron chi connectivity index (χ1n) is 12.1. The molecular formula is C29H28N4O2S. The van der Waals surface area contributed by atoms with E-state index in [0.29, 0.717) is 17.4 Å². The normalized spacial score (nSPS) is 17.2. The smallest absolute Gasteiger partial charge is 0.263 e. The van der Waals surface area contributed by atoms with Gasteiger partial charge in [-0.25, -0.2) is 14.9 Å². The number of carbonyl (C=O) groups excluding carboxylic acids is 2. The molecule has 2 amide bonds. The van der Waals surface area contributed by atoms with E-state index in [2.05, 4.69) is 17.4 Å². The number of aliphatic imine (C=N–C) groups is 2. The molecule has 5 rings (SSSR count). The van der Waals surface area contributed by atoms with Gasteiger partial charge in [-0.15, -0.1) is 0 Å². The highest BCUT2D eigenvalue weighted by Gasteiger charge is 2.43. The predicted octanol–water partition coefficient (Wildman–Crippen LogP) is 6.09. The van der Waals surface area contributed by atoms with Crippen LogP contribution < -0.4 is 5.32 Å². The van der Waals surface area contributed by atoms with E-state index in [-0.39, 0.29) is 11.8 Å². The van der Waals surface area contributed by atoms with Crippen molar-refractivity contribution < 1.29 is 9.59 Å². The maximum atomic E-state index is 13.6. The number of amidine groups is 2. The van der Waals surface area contributed by atoms with Gasteiger partial charge in [-0.1, -0.05) is 78.8 Å². The first-order valence-corrected chi connectivity index (χ1v) is 13.0. The van der Waals surface area contributed by atoms with E-state index in [1.807, 2.05) is 82.3 Å². The Labute approximate surface area is 215 Å². The minimum Gasteiger partial charge on any atom is -0.325 e. The van der Waals surface area contributed by atoms with Crippen LogP contribution in [-0.2, 0) is 9.59 Å². The molecule has 182 valence electrons. The summed E-state index contributed by atoms with van der Waals surface area (Å²) in [5, 5.41) is 3.17. The zero-order chi connectivity index (χ0) is 25.4. The van der Waals surface area contributed by atoms with Crippen molar-refractivity contribution >= 4 is 46.0 Å². The number of hydrogen-bond acceptors (Lipinski definition) is 5. The standard InChI is InChI=1S/C29H28N4O2S/c1-5-23(27(34)32-24-18(3)15-17(2)16-19(24)4)36-29-30-22-14-10-9-13-21(22)26-31-25(28(35)33(26)29)20-11-7-6-8-12-20/h6-16,23,25H,5H2,1-4H3,(H,32,34). The van der Waals surface area contributed by atoms with Crippen molar-refractivity contribution in [2.45, 2.75) is 45.4 Å². The maximum absolute atomic E-state index is 13.6. The molecule has 0 bridgehead atoms. The second-order valence-corrected chi connectivity index (χ2v) is 10.3. The van der Waals surface area contributed by atoms with Gasteiger partial charge in [0.15, 0.2) is 11.2 Å². The van der Waals surface area contributed by atoms with Gasteiger partial charge in [-0.05, 0) is 56.0 Å². The van der Waals surface area contributed by atoms with Crippen molar-refractivity contribution in [3.63, 3.8) is 0 Å². The molecule has 3 aromatic rings. The zero-order valence-corrected chi connectivity index (χ0v) is 21.6. The second-order valence-electron chi connectivity index (χ2n) is 9.13. The molecule has 36 heavy (non-hydrogen) atoms. The third kappa shape index (κ3) is 4.35. The first kappa shape index (κ1) is 24.0. The topological polar surface area (TPSA) is 74.1 Å². The molecule has 2 unspecified atom stereocenters. The van der Waals surface area contributed by atoms with Gasteiger partial charge in [-0.3, -0.25) is 9.59 Å². The Hall–Kier alpha value is -3.71. The van der Waals surface area contributed by atoms with Crippen LogP contribution in [0.1, 0.15) is 47.2 Å². The molecular weight excluding hydrogens is 468 g/mol. The number of carbonyl (C=O) groups is 2. The van der Waals surface area contributed by atoms with Gasteiger partial charge < -0.3 is 5.32 Å². The van der Waals surface area contributed by atoms with Gasteiger partial charge in [0.1, 0.15) is 5.84 Å². The summed E-state index contributed by atoms with van der Waals surface area (Å²) in [6, 6.07) is 20.7. The fraction of sp³-hybridized carbons (Fsp3) is 0.241. The average Bonchev–Trinajstić information content (AvgIpc) is 3.22. The summed E-state index contributed by atoms with van der Waals surface area (Å²) in [6.07, 6.45) is 0.581. The van der Waals surface area contributed by atoms with E-state index in [4.69, 9.17) is 9.98 Å². The molecule has 2 aliphatic rings. The summed E-state index contributed by atoms with van der Waals surface area (Å²) in [4.78, 5) is 38.2. The summed E-state index contributed by atoms with van der Waals surface area (Å²) >= 11 is 1.31. The monoisotopic (exact) mass is 496 g/mol. The summed E-state index contributed by atoms with van der Waals surface area (Å²) in [5.74, 6) is 0.323. The van der Waals surface area contributed by atoms with Crippen molar-refractivity contribution in [3.05, 3.63) is 94.5 Å². The average molecular weight is 497 g/mol. The molecule has 0 aliphatic carbocycles. The fourth-order valence-electron chi connectivity index (χ4n) is 4.71. The van der Waals surface area contributed by atoms with Crippen molar-refractivity contribution in [1.82, 2.24) is 4.90 Å². The van der Waals surface area contributed by atoms with Crippen LogP contribution in [0.2, 0.25) is 0 Å². The fourth-order valence-corrected chi connectivity index (χ4v) is 5.73. The molecule has 6 nitrogen and oxygen atoms in total. The van der Waals surface area contributed by atoms with Crippen LogP contribution in [0, 0.1) is 20.8 Å². The number of para-hydroxylation sites is 1. The van der Waals surface area contributed by atoms with Gasteiger partial charge in [0.25, 0.3) is 5.91 Å². The van der Waals surface area contributed by atoms with E-state index < -0.39 is 11.3 Å². The molecule has 7 heteroatoms. The molecule has 0 spiro atoms. The van der Waals surface area contributed by atoms with Crippen molar-refractivity contribution in [2.24, 2.45) is 9.98 Å². The number of thioether (sulfide) groups is 1. The number of hydrogen-bond donors (Lipinski definition) is 1. The van der Waals surface area contributed by atoms with Gasteiger partial charge >= 0.3 is 0 Å². The number of nitrogens with zero attached hydrogens (tertiary/aromatic N) is 3. The summed E-state index contributed by atoms with van der Waals surface area (Å²) in [5.41, 5.74) is 6.45. The highest BCUT2D eigenvalue weighted by atomic mass is 32.2. The lowest BCUT2D eigenvalue weighted by Crippen LogP contribution is -2.41. The lowest BCUT2D eigenvalue weighted by atomic mass is 10.0. The van der Waals surface area contributed by atoms with Gasteiger partial charge in [0.2, 0.25) is 5.91 Å².